The third kappa shape index (κ3) is 2.58. The van der Waals surface area contributed by atoms with Gasteiger partial charge < -0.3 is 5.32 Å². The van der Waals surface area contributed by atoms with E-state index >= 15 is 0 Å². The first-order valence-electron chi connectivity index (χ1n) is 4.98. The predicted molar refractivity (Wildman–Crippen MR) is 57.6 cm³/mol. The molecule has 4 heteroatoms. The molecule has 0 saturated heterocycles. The second-order valence-electron chi connectivity index (χ2n) is 3.83. The molecule has 0 aromatic carbocycles. The van der Waals surface area contributed by atoms with Crippen molar-refractivity contribution in [1.82, 2.24) is 9.97 Å². The predicted octanol–water partition coefficient (Wildman–Crippen LogP) is 2.65. The maximum atomic E-state index is 5.71. The van der Waals surface area contributed by atoms with Crippen molar-refractivity contribution in [2.45, 2.75) is 26.2 Å². The lowest BCUT2D eigenvalue weighted by atomic mass is 10.3. The highest BCUT2D eigenvalue weighted by molar-refractivity contribution is 6.28. The summed E-state index contributed by atoms with van der Waals surface area (Å²) in [6.45, 7) is 2.97. The molecule has 0 spiro atoms. The van der Waals surface area contributed by atoms with E-state index in [9.17, 15) is 0 Å². The Morgan fingerprint density at radius 2 is 2.36 bits per heavy atom. The molecule has 1 aromatic heterocycles. The van der Waals surface area contributed by atoms with Gasteiger partial charge in [-0.15, -0.1) is 0 Å². The van der Waals surface area contributed by atoms with E-state index in [1.165, 1.54) is 19.3 Å². The Labute approximate surface area is 88.9 Å². The van der Waals surface area contributed by atoms with E-state index in [0.717, 1.165) is 23.8 Å². The molecule has 1 heterocycles. The van der Waals surface area contributed by atoms with E-state index in [1.807, 2.05) is 6.92 Å². The molecule has 76 valence electrons. The zero-order valence-corrected chi connectivity index (χ0v) is 9.01. The standard InChI is InChI=1S/C10H14ClN3/c1-7-6-13-10(11)14-9(7)12-5-4-8-2-3-8/h6,8H,2-5H2,1H3,(H,12,13,14). The fourth-order valence-corrected chi connectivity index (χ4v) is 1.53. The molecule has 0 unspecified atom stereocenters. The van der Waals surface area contributed by atoms with Crippen LogP contribution in [-0.4, -0.2) is 16.5 Å². The molecule has 0 aliphatic heterocycles. The highest BCUT2D eigenvalue weighted by atomic mass is 35.5. The quantitative estimate of drug-likeness (QED) is 0.779. The number of hydrogen-bond donors (Lipinski definition) is 1. The third-order valence-corrected chi connectivity index (χ3v) is 2.67. The molecular formula is C10H14ClN3. The number of nitrogens with one attached hydrogen (secondary N) is 1. The number of rotatable bonds is 4. The topological polar surface area (TPSA) is 37.8 Å². The van der Waals surface area contributed by atoms with Crippen molar-refractivity contribution >= 4 is 17.4 Å². The lowest BCUT2D eigenvalue weighted by Gasteiger charge is -2.07. The van der Waals surface area contributed by atoms with E-state index in [0.29, 0.717) is 5.28 Å². The normalized spacial score (nSPS) is 15.6. The van der Waals surface area contributed by atoms with E-state index in [1.54, 1.807) is 6.20 Å². The number of nitrogens with zero attached hydrogens (tertiary/aromatic N) is 2. The lowest BCUT2D eigenvalue weighted by Crippen LogP contribution is -2.06. The van der Waals surface area contributed by atoms with Gasteiger partial charge in [0.2, 0.25) is 5.28 Å². The van der Waals surface area contributed by atoms with Crippen LogP contribution in [0.15, 0.2) is 6.20 Å². The molecule has 2 rings (SSSR count). The Morgan fingerprint density at radius 1 is 1.57 bits per heavy atom. The average Bonchev–Trinajstić information content (AvgIpc) is 2.95. The van der Waals surface area contributed by atoms with Crippen LogP contribution in [0.2, 0.25) is 5.28 Å². The van der Waals surface area contributed by atoms with Crippen LogP contribution < -0.4 is 5.32 Å². The van der Waals surface area contributed by atoms with Gasteiger partial charge in [-0.05, 0) is 30.9 Å². The van der Waals surface area contributed by atoms with Crippen LogP contribution in [-0.2, 0) is 0 Å². The van der Waals surface area contributed by atoms with Gasteiger partial charge >= 0.3 is 0 Å². The van der Waals surface area contributed by atoms with Gasteiger partial charge in [0.05, 0.1) is 0 Å². The Kier molecular flexibility index (Phi) is 2.87. The van der Waals surface area contributed by atoms with Gasteiger partial charge in [-0.25, -0.2) is 9.97 Å². The molecular weight excluding hydrogens is 198 g/mol. The van der Waals surface area contributed by atoms with Crippen LogP contribution >= 0.6 is 11.6 Å². The minimum Gasteiger partial charge on any atom is -0.370 e. The maximum absolute atomic E-state index is 5.71. The van der Waals surface area contributed by atoms with Crippen molar-refractivity contribution in [2.75, 3.05) is 11.9 Å². The van der Waals surface area contributed by atoms with Gasteiger partial charge in [-0.3, -0.25) is 0 Å². The second-order valence-corrected chi connectivity index (χ2v) is 4.17. The first-order valence-corrected chi connectivity index (χ1v) is 5.36. The minimum atomic E-state index is 0.310. The van der Waals surface area contributed by atoms with E-state index in [2.05, 4.69) is 15.3 Å². The van der Waals surface area contributed by atoms with Crippen molar-refractivity contribution < 1.29 is 0 Å². The van der Waals surface area contributed by atoms with Crippen molar-refractivity contribution in [3.05, 3.63) is 17.0 Å². The SMILES string of the molecule is Cc1cnc(Cl)nc1NCCC1CC1. The van der Waals surface area contributed by atoms with E-state index < -0.39 is 0 Å². The Balaban J connectivity index is 1.89. The molecule has 0 atom stereocenters. The Hall–Kier alpha value is -0.830. The van der Waals surface area contributed by atoms with Gasteiger partial charge in [0.25, 0.3) is 0 Å². The minimum absolute atomic E-state index is 0.310. The van der Waals surface area contributed by atoms with Crippen LogP contribution in [0.3, 0.4) is 0 Å². The number of halogens is 1. The van der Waals surface area contributed by atoms with Crippen LogP contribution in [0.4, 0.5) is 5.82 Å². The average molecular weight is 212 g/mol. The fourth-order valence-electron chi connectivity index (χ4n) is 1.40. The summed E-state index contributed by atoms with van der Waals surface area (Å²) in [6, 6.07) is 0. The Morgan fingerprint density at radius 3 is 3.07 bits per heavy atom. The molecule has 3 nitrogen and oxygen atoms in total. The van der Waals surface area contributed by atoms with Gasteiger partial charge in [-0.2, -0.15) is 0 Å². The molecule has 1 N–H and O–H groups in total. The fraction of sp³-hybridized carbons (Fsp3) is 0.600. The molecule has 1 aliphatic carbocycles. The number of anilines is 1. The van der Waals surface area contributed by atoms with Crippen LogP contribution in [0.25, 0.3) is 0 Å². The van der Waals surface area contributed by atoms with Crippen molar-refractivity contribution in [1.29, 1.82) is 0 Å². The smallest absolute Gasteiger partial charge is 0.224 e. The number of aryl methyl sites for hydroxylation is 1. The Bertz CT molecular complexity index is 323. The molecule has 0 bridgehead atoms. The highest BCUT2D eigenvalue weighted by Gasteiger charge is 2.20. The maximum Gasteiger partial charge on any atom is 0.224 e. The second kappa shape index (κ2) is 4.13. The van der Waals surface area contributed by atoms with Gasteiger partial charge in [0.15, 0.2) is 0 Å². The molecule has 1 saturated carbocycles. The summed E-state index contributed by atoms with van der Waals surface area (Å²) >= 11 is 5.71. The van der Waals surface area contributed by atoms with Crippen LogP contribution in [0.1, 0.15) is 24.8 Å². The summed E-state index contributed by atoms with van der Waals surface area (Å²) in [5.74, 6) is 1.81. The molecule has 0 radical (unpaired) electrons. The summed E-state index contributed by atoms with van der Waals surface area (Å²) in [7, 11) is 0. The van der Waals surface area contributed by atoms with Gasteiger partial charge in [0, 0.05) is 18.3 Å². The van der Waals surface area contributed by atoms with Crippen LogP contribution in [0, 0.1) is 12.8 Å². The van der Waals surface area contributed by atoms with Crippen LogP contribution in [0.5, 0.6) is 0 Å². The summed E-state index contributed by atoms with van der Waals surface area (Å²) in [5.41, 5.74) is 1.05. The molecule has 0 amide bonds. The molecule has 14 heavy (non-hydrogen) atoms. The van der Waals surface area contributed by atoms with Gasteiger partial charge in [-0.1, -0.05) is 12.8 Å². The van der Waals surface area contributed by atoms with Crippen molar-refractivity contribution in [2.24, 2.45) is 5.92 Å². The largest absolute Gasteiger partial charge is 0.370 e. The lowest BCUT2D eigenvalue weighted by molar-refractivity contribution is 0.757. The summed E-state index contributed by atoms with van der Waals surface area (Å²) in [4.78, 5) is 8.04. The zero-order chi connectivity index (χ0) is 9.97. The van der Waals surface area contributed by atoms with Crippen molar-refractivity contribution in [3.8, 4) is 0 Å². The third-order valence-electron chi connectivity index (χ3n) is 2.48. The number of aromatic nitrogens is 2. The van der Waals surface area contributed by atoms with E-state index in [-0.39, 0.29) is 0 Å². The molecule has 1 fully saturated rings. The monoisotopic (exact) mass is 211 g/mol. The zero-order valence-electron chi connectivity index (χ0n) is 8.26. The molecule has 1 aliphatic rings. The van der Waals surface area contributed by atoms with Crippen molar-refractivity contribution in [3.63, 3.8) is 0 Å². The summed E-state index contributed by atoms with van der Waals surface area (Å²) in [6.07, 6.45) is 5.77. The summed E-state index contributed by atoms with van der Waals surface area (Å²) in [5, 5.41) is 3.60. The highest BCUT2D eigenvalue weighted by Crippen LogP contribution is 2.32. The summed E-state index contributed by atoms with van der Waals surface area (Å²) < 4.78 is 0. The first kappa shape index (κ1) is 9.71. The number of hydrogen-bond acceptors (Lipinski definition) is 3. The van der Waals surface area contributed by atoms with Gasteiger partial charge in [0.1, 0.15) is 5.82 Å². The van der Waals surface area contributed by atoms with E-state index in [4.69, 9.17) is 11.6 Å². The molecule has 1 aromatic rings. The first-order chi connectivity index (χ1) is 6.75.